The van der Waals surface area contributed by atoms with Crippen molar-refractivity contribution >= 4 is 16.9 Å². The predicted octanol–water partition coefficient (Wildman–Crippen LogP) is 4.88. The molecule has 0 fully saturated rings. The van der Waals surface area contributed by atoms with Crippen LogP contribution in [0.4, 0.5) is 4.39 Å². The number of aromatic nitrogens is 5. The Morgan fingerprint density at radius 3 is 2.67 bits per heavy atom. The molecule has 3 heterocycles. The van der Waals surface area contributed by atoms with Crippen molar-refractivity contribution in [1.82, 2.24) is 24.7 Å². The average Bonchev–Trinajstić information content (AvgIpc) is 3.30. The Hall–Kier alpha value is -3.56. The number of halogens is 1. The van der Waals surface area contributed by atoms with Crippen molar-refractivity contribution in [2.24, 2.45) is 0 Å². The Bertz CT molecular complexity index is 1690. The number of ketones is 1. The second-order valence-electron chi connectivity index (χ2n) is 9.95. The van der Waals surface area contributed by atoms with Crippen molar-refractivity contribution in [1.29, 1.82) is 0 Å². The van der Waals surface area contributed by atoms with Crippen molar-refractivity contribution in [3.63, 3.8) is 0 Å². The number of hydrogen-bond acceptors (Lipinski definition) is 6. The fourth-order valence-electron chi connectivity index (χ4n) is 4.00. The first-order valence-corrected chi connectivity index (χ1v) is 12.1. The molecule has 0 saturated carbocycles. The minimum Gasteiger partial charge on any atom is -0.455 e. The number of pyridine rings is 1. The molecule has 39 heavy (non-hydrogen) atoms. The van der Waals surface area contributed by atoms with E-state index in [-0.39, 0.29) is 79.3 Å². The molecule has 1 N–H and O–H groups in total. The van der Waals surface area contributed by atoms with Crippen LogP contribution in [-0.4, -0.2) is 30.5 Å². The summed E-state index contributed by atoms with van der Waals surface area (Å²) in [4.78, 5) is 35.2. The van der Waals surface area contributed by atoms with Gasteiger partial charge >= 0.3 is 0 Å². The Morgan fingerprint density at radius 2 is 1.95 bits per heavy atom. The van der Waals surface area contributed by atoms with Gasteiger partial charge in [-0.3, -0.25) is 14.3 Å². The Kier molecular flexibility index (Phi) is 8.52. The third-order valence-electron chi connectivity index (χ3n) is 5.94. The third-order valence-corrected chi connectivity index (χ3v) is 5.94. The molecular weight excluding hydrogens is 574 g/mol. The maximum absolute atomic E-state index is 15.0. The van der Waals surface area contributed by atoms with E-state index in [9.17, 15) is 14.0 Å². The van der Waals surface area contributed by atoms with E-state index in [1.54, 1.807) is 22.9 Å². The topological polar surface area (TPSA) is 103 Å². The van der Waals surface area contributed by atoms with Crippen LogP contribution in [0.5, 0.6) is 11.5 Å². The molecule has 0 spiro atoms. The quantitative estimate of drug-likeness (QED) is 0.268. The van der Waals surface area contributed by atoms with Gasteiger partial charge in [0.1, 0.15) is 22.9 Å². The summed E-state index contributed by atoms with van der Waals surface area (Å²) in [6, 6.07) is 18.3. The van der Waals surface area contributed by atoms with Crippen molar-refractivity contribution in [2.45, 2.75) is 39.0 Å². The minimum absolute atomic E-state index is 0. The summed E-state index contributed by atoms with van der Waals surface area (Å²) in [5, 5.41) is 4.73. The van der Waals surface area contributed by atoms with Crippen LogP contribution in [0.3, 0.4) is 0 Å². The fourth-order valence-corrected chi connectivity index (χ4v) is 4.00. The Labute approximate surface area is 249 Å². The fraction of sp³-hybridized carbons (Fsp3) is 0.207. The number of Topliss-reactive ketones (excluding diaryl/α,β-unsaturated/α-hetero) is 1. The number of nitrogens with one attached hydrogen (secondary N) is 1. The van der Waals surface area contributed by atoms with E-state index >= 15 is 0 Å². The number of carbonyl (C=O) groups is 1. The summed E-state index contributed by atoms with van der Waals surface area (Å²) < 4.78 is 22.5. The zero-order valence-electron chi connectivity index (χ0n) is 21.7. The number of hydrogen-bond donors (Lipinski definition) is 1. The number of rotatable bonds is 7. The molecule has 0 atom stereocenters. The van der Waals surface area contributed by atoms with Gasteiger partial charge in [-0.1, -0.05) is 26.8 Å². The molecule has 10 heteroatoms. The zero-order chi connectivity index (χ0) is 26.9. The van der Waals surface area contributed by atoms with Gasteiger partial charge in [0.2, 0.25) is 0 Å². The SMILES string of the molecule is CC(C)(C)c1cc(CC(=O)Cc2ccc(Oc3ccnc4[nH]c(=O)cnc34)cc2F)n(-c2c[c-]ccc2)n1.[Y]. The second kappa shape index (κ2) is 11.7. The molecule has 0 saturated heterocycles. The van der Waals surface area contributed by atoms with Crippen LogP contribution in [0.1, 0.15) is 37.7 Å². The first kappa shape index (κ1) is 28.5. The van der Waals surface area contributed by atoms with Gasteiger partial charge in [0.15, 0.2) is 11.4 Å². The normalized spacial score (nSPS) is 11.3. The maximum atomic E-state index is 15.0. The van der Waals surface area contributed by atoms with Crippen molar-refractivity contribution in [3.8, 4) is 17.2 Å². The summed E-state index contributed by atoms with van der Waals surface area (Å²) in [6.07, 6.45) is 2.60. The molecule has 195 valence electrons. The van der Waals surface area contributed by atoms with Gasteiger partial charge in [-0.2, -0.15) is 29.4 Å². The van der Waals surface area contributed by atoms with Crippen molar-refractivity contribution < 1.29 is 46.6 Å². The molecule has 0 aliphatic heterocycles. The van der Waals surface area contributed by atoms with Crippen LogP contribution in [-0.2, 0) is 55.8 Å². The van der Waals surface area contributed by atoms with Gasteiger partial charge in [0.25, 0.3) is 5.56 Å². The van der Waals surface area contributed by atoms with Gasteiger partial charge in [0.05, 0.1) is 11.9 Å². The van der Waals surface area contributed by atoms with Gasteiger partial charge in [0, 0.05) is 75.0 Å². The molecule has 0 aliphatic rings. The molecule has 8 nitrogen and oxygen atoms in total. The van der Waals surface area contributed by atoms with Crippen molar-refractivity contribution in [3.05, 3.63) is 106 Å². The standard InChI is InChI=1S/C29H25FN5O3.Y/c1-29(2,3)25-15-20(35(34-25)19-7-5-4-6-8-19)14-21(36)13-18-9-10-22(16-23(18)30)38-24-11-12-31-28-27(24)32-17-26(37)33-28;/h4-5,7-12,15-17H,13-14H2,1-3H3,(H,31,33,37);/q-1;. The van der Waals surface area contributed by atoms with Crippen molar-refractivity contribution in [2.75, 3.05) is 0 Å². The van der Waals surface area contributed by atoms with Crippen LogP contribution in [0.2, 0.25) is 0 Å². The summed E-state index contributed by atoms with van der Waals surface area (Å²) in [5.41, 5.74) is 2.68. The molecule has 0 amide bonds. The summed E-state index contributed by atoms with van der Waals surface area (Å²) in [7, 11) is 0. The number of carbonyl (C=O) groups excluding carboxylic acids is 1. The van der Waals surface area contributed by atoms with E-state index in [0.717, 1.165) is 23.3 Å². The molecule has 0 bridgehead atoms. The van der Waals surface area contributed by atoms with Gasteiger partial charge in [-0.25, -0.2) is 14.4 Å². The van der Waals surface area contributed by atoms with E-state index in [0.29, 0.717) is 11.3 Å². The molecule has 0 unspecified atom stereocenters. The van der Waals surface area contributed by atoms with Crippen LogP contribution in [0.15, 0.2) is 71.8 Å². The predicted molar refractivity (Wildman–Crippen MR) is 140 cm³/mol. The van der Waals surface area contributed by atoms with E-state index in [1.165, 1.54) is 18.3 Å². The molecule has 5 aromatic rings. The summed E-state index contributed by atoms with van der Waals surface area (Å²) in [6.45, 7) is 6.18. The first-order valence-electron chi connectivity index (χ1n) is 12.1. The van der Waals surface area contributed by atoms with E-state index in [4.69, 9.17) is 9.84 Å². The van der Waals surface area contributed by atoms with E-state index in [2.05, 4.69) is 41.8 Å². The number of ether oxygens (including phenoxy) is 1. The van der Waals surface area contributed by atoms with Gasteiger partial charge in [-0.05, 0) is 23.4 Å². The Morgan fingerprint density at radius 1 is 1.13 bits per heavy atom. The molecule has 5 rings (SSSR count). The van der Waals surface area contributed by atoms with Gasteiger partial charge in [-0.15, -0.1) is 6.07 Å². The number of aromatic amines is 1. The molecule has 3 aromatic heterocycles. The summed E-state index contributed by atoms with van der Waals surface area (Å²) in [5.74, 6) is -0.160. The van der Waals surface area contributed by atoms with E-state index < -0.39 is 5.82 Å². The van der Waals surface area contributed by atoms with Crippen LogP contribution >= 0.6 is 0 Å². The zero-order valence-corrected chi connectivity index (χ0v) is 24.6. The average molecular weight is 599 g/mol. The van der Waals surface area contributed by atoms with Crippen LogP contribution in [0.25, 0.3) is 16.9 Å². The van der Waals surface area contributed by atoms with E-state index in [1.807, 2.05) is 24.3 Å². The minimum atomic E-state index is -0.558. The molecular formula is C29H25FN5O3Y-. The third kappa shape index (κ3) is 6.54. The second-order valence-corrected chi connectivity index (χ2v) is 9.95. The summed E-state index contributed by atoms with van der Waals surface area (Å²) >= 11 is 0. The number of nitrogens with zero attached hydrogens (tertiary/aromatic N) is 4. The number of fused-ring (bicyclic) bond motifs is 1. The monoisotopic (exact) mass is 599 g/mol. The number of benzene rings is 2. The largest absolute Gasteiger partial charge is 0.455 e. The smallest absolute Gasteiger partial charge is 0.268 e. The van der Waals surface area contributed by atoms with Gasteiger partial charge < -0.3 is 9.72 Å². The molecule has 0 aliphatic carbocycles. The first-order chi connectivity index (χ1) is 18.2. The maximum Gasteiger partial charge on any atom is 0.268 e. The van der Waals surface area contributed by atoms with Crippen LogP contribution < -0.4 is 10.3 Å². The molecule has 2 aromatic carbocycles. The Balaban J connectivity index is 0.00000353. The van der Waals surface area contributed by atoms with Crippen LogP contribution in [0, 0.1) is 11.9 Å². The number of H-pyrrole nitrogens is 1. The molecule has 1 radical (unpaired) electrons.